The number of para-hydroxylation sites is 1. The maximum Gasteiger partial charge on any atom is 0.305 e. The summed E-state index contributed by atoms with van der Waals surface area (Å²) in [4.78, 5) is 43.1. The van der Waals surface area contributed by atoms with Gasteiger partial charge in [0.2, 0.25) is 5.91 Å². The molecule has 1 heterocycles. The van der Waals surface area contributed by atoms with Gasteiger partial charge in [0, 0.05) is 0 Å². The predicted octanol–water partition coefficient (Wildman–Crippen LogP) is 5.13. The number of carboxylic acid groups (broad SMARTS) is 1. The molecule has 0 saturated carbocycles. The zero-order valence-electron chi connectivity index (χ0n) is 21.9. The second-order valence-electron chi connectivity index (χ2n) is 9.72. The lowest BCUT2D eigenvalue weighted by molar-refractivity contribution is -0.138. The van der Waals surface area contributed by atoms with E-state index in [-0.39, 0.29) is 17.0 Å². The molecule has 8 nitrogen and oxygen atoms in total. The van der Waals surface area contributed by atoms with Crippen molar-refractivity contribution in [3.05, 3.63) is 94.8 Å². The fourth-order valence-electron chi connectivity index (χ4n) is 4.66. The highest BCUT2D eigenvalue weighted by Gasteiger charge is 2.28. The maximum absolute atomic E-state index is 14.8. The number of aliphatic carboxylic acids is 1. The van der Waals surface area contributed by atoms with E-state index in [2.05, 4.69) is 10.3 Å². The first-order chi connectivity index (χ1) is 18.7. The highest BCUT2D eigenvalue weighted by atomic mass is 19.1. The number of halogens is 1. The van der Waals surface area contributed by atoms with Gasteiger partial charge in [0.15, 0.2) is 0 Å². The van der Waals surface area contributed by atoms with E-state index in [1.54, 1.807) is 54.6 Å². The van der Waals surface area contributed by atoms with Crippen LogP contribution >= 0.6 is 0 Å². The monoisotopic (exact) mass is 531 g/mol. The zero-order chi connectivity index (χ0) is 28.1. The van der Waals surface area contributed by atoms with Crippen molar-refractivity contribution in [1.82, 2.24) is 14.9 Å². The number of hydrogen-bond donors (Lipinski definition) is 2. The van der Waals surface area contributed by atoms with Crippen LogP contribution in [0.25, 0.3) is 22.0 Å². The summed E-state index contributed by atoms with van der Waals surface area (Å²) >= 11 is 0. The normalized spacial score (nSPS) is 12.7. The standard InChI is InChI=1S/C30H30FN3O5/c1-18(2)14-25(34-17-32-23-12-5-4-10-21(23)30(34)38)29(37)33-24(16-27(35)36)19-8-6-9-20(15-19)28-22(31)11-7-13-26(28)39-3/h4-13,15,17-18,24-25H,14,16H2,1-3H3,(H,33,37)(H,35,36)/t24?,25-/m0/s1. The average molecular weight is 532 g/mol. The van der Waals surface area contributed by atoms with Gasteiger partial charge < -0.3 is 15.2 Å². The van der Waals surface area contributed by atoms with Crippen molar-refractivity contribution in [2.24, 2.45) is 5.92 Å². The Kier molecular flexibility index (Phi) is 8.39. The number of rotatable bonds is 10. The van der Waals surface area contributed by atoms with E-state index in [4.69, 9.17) is 4.74 Å². The Morgan fingerprint density at radius 3 is 2.54 bits per heavy atom. The molecule has 1 unspecified atom stereocenters. The summed E-state index contributed by atoms with van der Waals surface area (Å²) in [5, 5.41) is 12.9. The number of benzene rings is 3. The molecular formula is C30H30FN3O5. The molecule has 0 spiro atoms. The number of amides is 1. The van der Waals surface area contributed by atoms with E-state index in [1.807, 2.05) is 13.8 Å². The van der Waals surface area contributed by atoms with Gasteiger partial charge in [0.05, 0.1) is 42.4 Å². The molecule has 2 N–H and O–H groups in total. The van der Waals surface area contributed by atoms with Crippen molar-refractivity contribution in [3.63, 3.8) is 0 Å². The number of carbonyl (C=O) groups excluding carboxylic acids is 1. The van der Waals surface area contributed by atoms with E-state index in [0.29, 0.717) is 34.2 Å². The molecule has 1 amide bonds. The third kappa shape index (κ3) is 6.14. The molecule has 0 radical (unpaired) electrons. The predicted molar refractivity (Wildman–Crippen MR) is 146 cm³/mol. The summed E-state index contributed by atoms with van der Waals surface area (Å²) in [6, 6.07) is 16.2. The second kappa shape index (κ2) is 11.9. The SMILES string of the molecule is COc1cccc(F)c1-c1cccc(C(CC(=O)O)NC(=O)[C@H](CC(C)C)n2cnc3ccccc3c2=O)c1. The summed E-state index contributed by atoms with van der Waals surface area (Å²) < 4.78 is 21.4. The second-order valence-corrected chi connectivity index (χ2v) is 9.72. The van der Waals surface area contributed by atoms with Gasteiger partial charge in [-0.15, -0.1) is 0 Å². The molecule has 0 saturated heterocycles. The number of fused-ring (bicyclic) bond motifs is 1. The largest absolute Gasteiger partial charge is 0.496 e. The van der Waals surface area contributed by atoms with Crippen LogP contribution in [0.1, 0.15) is 44.3 Å². The highest BCUT2D eigenvalue weighted by Crippen LogP contribution is 2.34. The van der Waals surface area contributed by atoms with Gasteiger partial charge >= 0.3 is 5.97 Å². The minimum absolute atomic E-state index is 0.0499. The average Bonchev–Trinajstić information content (AvgIpc) is 2.91. The first-order valence-corrected chi connectivity index (χ1v) is 12.6. The Bertz CT molecular complexity index is 1570. The summed E-state index contributed by atoms with van der Waals surface area (Å²) in [5.41, 5.74) is 1.34. The Morgan fingerprint density at radius 1 is 1.08 bits per heavy atom. The first kappa shape index (κ1) is 27.5. The third-order valence-corrected chi connectivity index (χ3v) is 6.49. The molecule has 0 aliphatic carbocycles. The summed E-state index contributed by atoms with van der Waals surface area (Å²) in [7, 11) is 1.44. The van der Waals surface area contributed by atoms with Gasteiger partial charge in [0.25, 0.3) is 5.56 Å². The number of carboxylic acids is 1. The van der Waals surface area contributed by atoms with Gasteiger partial charge in [-0.05, 0) is 53.8 Å². The van der Waals surface area contributed by atoms with E-state index in [1.165, 1.54) is 30.1 Å². The number of nitrogens with one attached hydrogen (secondary N) is 1. The van der Waals surface area contributed by atoms with Crippen molar-refractivity contribution >= 4 is 22.8 Å². The minimum atomic E-state index is -1.13. The number of carbonyl (C=O) groups is 2. The zero-order valence-corrected chi connectivity index (χ0v) is 21.9. The fourth-order valence-corrected chi connectivity index (χ4v) is 4.66. The van der Waals surface area contributed by atoms with Crippen molar-refractivity contribution in [2.75, 3.05) is 7.11 Å². The molecule has 39 heavy (non-hydrogen) atoms. The molecule has 9 heteroatoms. The van der Waals surface area contributed by atoms with Gasteiger partial charge in [-0.2, -0.15) is 0 Å². The molecule has 4 rings (SSSR count). The van der Waals surface area contributed by atoms with Crippen molar-refractivity contribution in [3.8, 4) is 16.9 Å². The van der Waals surface area contributed by atoms with Gasteiger partial charge in [-0.3, -0.25) is 19.0 Å². The Labute approximate surface area is 225 Å². The molecule has 2 atom stereocenters. The summed E-state index contributed by atoms with van der Waals surface area (Å²) in [5.74, 6) is -1.76. The molecule has 0 bridgehead atoms. The van der Waals surface area contributed by atoms with Gasteiger partial charge in [0.1, 0.15) is 17.6 Å². The molecule has 202 valence electrons. The van der Waals surface area contributed by atoms with Gasteiger partial charge in [-0.25, -0.2) is 9.37 Å². The number of nitrogens with zero attached hydrogens (tertiary/aromatic N) is 2. The lowest BCUT2D eigenvalue weighted by Crippen LogP contribution is -2.40. The van der Waals surface area contributed by atoms with E-state index in [0.717, 1.165) is 0 Å². The molecule has 4 aromatic rings. The minimum Gasteiger partial charge on any atom is -0.496 e. The van der Waals surface area contributed by atoms with E-state index >= 15 is 0 Å². The lowest BCUT2D eigenvalue weighted by atomic mass is 9.96. The van der Waals surface area contributed by atoms with Crippen molar-refractivity contribution in [2.45, 2.75) is 38.8 Å². The van der Waals surface area contributed by atoms with Crippen LogP contribution in [0.5, 0.6) is 5.75 Å². The lowest BCUT2D eigenvalue weighted by Gasteiger charge is -2.25. The van der Waals surface area contributed by atoms with E-state index in [9.17, 15) is 23.9 Å². The van der Waals surface area contributed by atoms with Crippen LogP contribution in [0.15, 0.2) is 77.9 Å². The van der Waals surface area contributed by atoms with Crippen LogP contribution in [0.4, 0.5) is 4.39 Å². The van der Waals surface area contributed by atoms with Crippen LogP contribution in [0, 0.1) is 11.7 Å². The highest BCUT2D eigenvalue weighted by molar-refractivity contribution is 5.83. The Balaban J connectivity index is 1.72. The maximum atomic E-state index is 14.8. The smallest absolute Gasteiger partial charge is 0.305 e. The molecule has 0 fully saturated rings. The molecule has 0 aliphatic heterocycles. The van der Waals surface area contributed by atoms with E-state index < -0.39 is 36.2 Å². The molecule has 3 aromatic carbocycles. The van der Waals surface area contributed by atoms with Crippen LogP contribution in [0.2, 0.25) is 0 Å². The van der Waals surface area contributed by atoms with Crippen molar-refractivity contribution < 1.29 is 23.8 Å². The van der Waals surface area contributed by atoms with Crippen LogP contribution in [0.3, 0.4) is 0 Å². The van der Waals surface area contributed by atoms with Gasteiger partial charge in [-0.1, -0.05) is 50.2 Å². The van der Waals surface area contributed by atoms with Crippen molar-refractivity contribution in [1.29, 1.82) is 0 Å². The number of methoxy groups -OCH3 is 1. The Morgan fingerprint density at radius 2 is 1.82 bits per heavy atom. The Hall–Kier alpha value is -4.53. The molecule has 1 aromatic heterocycles. The molecular weight excluding hydrogens is 501 g/mol. The number of ether oxygens (including phenoxy) is 1. The topological polar surface area (TPSA) is 111 Å². The number of aromatic nitrogens is 2. The first-order valence-electron chi connectivity index (χ1n) is 12.6. The quantitative estimate of drug-likeness (QED) is 0.294. The summed E-state index contributed by atoms with van der Waals surface area (Å²) in [6.45, 7) is 3.86. The summed E-state index contributed by atoms with van der Waals surface area (Å²) in [6.07, 6.45) is 1.27. The third-order valence-electron chi connectivity index (χ3n) is 6.49. The fraction of sp³-hybridized carbons (Fsp3) is 0.267. The van der Waals surface area contributed by atoms with Crippen LogP contribution in [-0.4, -0.2) is 33.6 Å². The molecule has 0 aliphatic rings. The van der Waals surface area contributed by atoms with Crippen LogP contribution < -0.4 is 15.6 Å². The van der Waals surface area contributed by atoms with Crippen LogP contribution in [-0.2, 0) is 9.59 Å². The number of hydrogen-bond acceptors (Lipinski definition) is 5.